The third-order valence-corrected chi connectivity index (χ3v) is 5.60. The van der Waals surface area contributed by atoms with Crippen LogP contribution in [-0.2, 0) is 9.59 Å². The van der Waals surface area contributed by atoms with Crippen molar-refractivity contribution in [1.82, 2.24) is 4.90 Å². The average Bonchev–Trinajstić information content (AvgIpc) is 2.57. The standard InChI is InChI=1S/C14H24.C3H7NO.CH2O/c1-3-7-13-11(5-1)9-10-12-6-2-4-8-14(12)13;1-4(2)3-5;1-2/h11-14H,1-10H2;3H,1-2H3;1H2. The summed E-state index contributed by atoms with van der Waals surface area (Å²) in [6.45, 7) is 2.00. The van der Waals surface area contributed by atoms with E-state index in [4.69, 9.17) is 4.79 Å². The second-order valence-corrected chi connectivity index (χ2v) is 7.06. The molecule has 0 N–H and O–H groups in total. The van der Waals surface area contributed by atoms with Crippen LogP contribution in [0.1, 0.15) is 64.2 Å². The summed E-state index contributed by atoms with van der Waals surface area (Å²) in [6, 6.07) is 0. The normalized spacial score (nSPS) is 33.8. The highest BCUT2D eigenvalue weighted by Gasteiger charge is 2.40. The van der Waals surface area contributed by atoms with Crippen molar-refractivity contribution in [3.63, 3.8) is 0 Å². The van der Waals surface area contributed by atoms with E-state index >= 15 is 0 Å². The smallest absolute Gasteiger partial charge is 0.209 e. The predicted octanol–water partition coefficient (Wildman–Crippen LogP) is 3.91. The van der Waals surface area contributed by atoms with Crippen LogP contribution in [0.3, 0.4) is 0 Å². The Balaban J connectivity index is 0.000000272. The summed E-state index contributed by atoms with van der Waals surface area (Å²) in [7, 11) is 3.38. The fourth-order valence-corrected chi connectivity index (χ4v) is 4.74. The van der Waals surface area contributed by atoms with Gasteiger partial charge >= 0.3 is 0 Å². The number of hydrogen-bond donors (Lipinski definition) is 0. The Labute approximate surface area is 130 Å². The van der Waals surface area contributed by atoms with Gasteiger partial charge in [-0.2, -0.15) is 0 Å². The highest BCUT2D eigenvalue weighted by atomic mass is 16.1. The fraction of sp³-hybridized carbons (Fsp3) is 0.889. The van der Waals surface area contributed by atoms with E-state index in [1.807, 2.05) is 6.79 Å². The van der Waals surface area contributed by atoms with Gasteiger partial charge in [-0.3, -0.25) is 4.79 Å². The Morgan fingerprint density at radius 1 is 0.762 bits per heavy atom. The van der Waals surface area contributed by atoms with E-state index in [9.17, 15) is 4.79 Å². The molecular weight excluding hydrogens is 262 g/mol. The Morgan fingerprint density at radius 3 is 1.43 bits per heavy atom. The molecule has 3 rings (SSSR count). The van der Waals surface area contributed by atoms with Crippen molar-refractivity contribution in [1.29, 1.82) is 0 Å². The molecule has 3 aliphatic carbocycles. The minimum Gasteiger partial charge on any atom is -0.351 e. The van der Waals surface area contributed by atoms with Crippen LogP contribution >= 0.6 is 0 Å². The number of carbonyl (C=O) groups excluding carboxylic acids is 2. The van der Waals surface area contributed by atoms with Gasteiger partial charge in [0, 0.05) is 14.1 Å². The van der Waals surface area contributed by atoms with Crippen LogP contribution in [0.15, 0.2) is 0 Å². The molecule has 21 heavy (non-hydrogen) atoms. The number of amides is 1. The third kappa shape index (κ3) is 5.44. The van der Waals surface area contributed by atoms with Gasteiger partial charge in [0.1, 0.15) is 6.79 Å². The summed E-state index contributed by atoms with van der Waals surface area (Å²) in [5, 5.41) is 0. The maximum atomic E-state index is 9.43. The largest absolute Gasteiger partial charge is 0.351 e. The first kappa shape index (κ1) is 18.2. The Hall–Kier alpha value is -0.860. The number of fused-ring (bicyclic) bond motifs is 3. The number of rotatable bonds is 1. The van der Waals surface area contributed by atoms with Gasteiger partial charge in [0.15, 0.2) is 0 Å². The molecule has 0 saturated heterocycles. The Bertz CT molecular complexity index is 271. The first-order chi connectivity index (χ1) is 10.2. The van der Waals surface area contributed by atoms with Crippen molar-refractivity contribution in [2.24, 2.45) is 23.7 Å². The number of nitrogens with zero attached hydrogens (tertiary/aromatic N) is 1. The van der Waals surface area contributed by atoms with Crippen molar-refractivity contribution in [3.8, 4) is 0 Å². The topological polar surface area (TPSA) is 37.4 Å². The molecule has 122 valence electrons. The maximum absolute atomic E-state index is 9.43. The van der Waals surface area contributed by atoms with Crippen molar-refractivity contribution >= 4 is 13.2 Å². The second kappa shape index (κ2) is 9.97. The van der Waals surface area contributed by atoms with E-state index in [0.717, 1.165) is 18.2 Å². The lowest BCUT2D eigenvalue weighted by Crippen LogP contribution is -2.38. The van der Waals surface area contributed by atoms with Gasteiger partial charge in [-0.15, -0.1) is 0 Å². The molecule has 0 aliphatic heterocycles. The van der Waals surface area contributed by atoms with E-state index in [1.54, 1.807) is 78.3 Å². The van der Waals surface area contributed by atoms with Crippen LogP contribution in [0.5, 0.6) is 0 Å². The maximum Gasteiger partial charge on any atom is 0.209 e. The molecule has 0 spiro atoms. The second-order valence-electron chi connectivity index (χ2n) is 7.06. The van der Waals surface area contributed by atoms with Crippen molar-refractivity contribution in [2.45, 2.75) is 64.2 Å². The molecular formula is C18H33NO2. The first-order valence-electron chi connectivity index (χ1n) is 8.63. The Kier molecular flexibility index (Phi) is 8.63. The van der Waals surface area contributed by atoms with E-state index in [-0.39, 0.29) is 0 Å². The zero-order valence-electron chi connectivity index (χ0n) is 13.9. The quantitative estimate of drug-likeness (QED) is 0.688. The molecule has 0 aromatic carbocycles. The molecule has 0 aromatic heterocycles. The molecule has 4 unspecified atom stereocenters. The van der Waals surface area contributed by atoms with Crippen molar-refractivity contribution in [3.05, 3.63) is 0 Å². The molecule has 3 heteroatoms. The minimum absolute atomic E-state index is 0.750. The zero-order chi connectivity index (χ0) is 15.7. The summed E-state index contributed by atoms with van der Waals surface area (Å²) >= 11 is 0. The van der Waals surface area contributed by atoms with Crippen LogP contribution in [0, 0.1) is 23.7 Å². The predicted molar refractivity (Wildman–Crippen MR) is 87.0 cm³/mol. The fourth-order valence-electron chi connectivity index (χ4n) is 4.74. The molecule has 1 amide bonds. The summed E-state index contributed by atoms with van der Waals surface area (Å²) in [6.07, 6.45) is 16.4. The van der Waals surface area contributed by atoms with E-state index in [2.05, 4.69) is 0 Å². The third-order valence-electron chi connectivity index (χ3n) is 5.60. The van der Waals surface area contributed by atoms with Gasteiger partial charge in [-0.1, -0.05) is 38.5 Å². The average molecular weight is 295 g/mol. The summed E-state index contributed by atoms with van der Waals surface area (Å²) in [5.41, 5.74) is 0. The van der Waals surface area contributed by atoms with Crippen LogP contribution in [0.25, 0.3) is 0 Å². The van der Waals surface area contributed by atoms with Crippen LogP contribution in [0.2, 0.25) is 0 Å². The van der Waals surface area contributed by atoms with E-state index in [0.29, 0.717) is 0 Å². The first-order valence-corrected chi connectivity index (χ1v) is 8.63. The minimum atomic E-state index is 0.750. The van der Waals surface area contributed by atoms with Gasteiger partial charge in [-0.05, 0) is 49.4 Å². The van der Waals surface area contributed by atoms with Crippen molar-refractivity contribution < 1.29 is 9.59 Å². The molecule has 0 bridgehead atoms. The number of hydrogen-bond acceptors (Lipinski definition) is 2. The van der Waals surface area contributed by atoms with E-state index < -0.39 is 0 Å². The highest BCUT2D eigenvalue weighted by Crippen LogP contribution is 2.51. The molecule has 0 radical (unpaired) electrons. The molecule has 3 saturated carbocycles. The summed E-state index contributed by atoms with van der Waals surface area (Å²) in [4.78, 5) is 18.9. The lowest BCUT2D eigenvalue weighted by atomic mass is 9.58. The van der Waals surface area contributed by atoms with Crippen molar-refractivity contribution in [2.75, 3.05) is 14.1 Å². The van der Waals surface area contributed by atoms with Gasteiger partial charge in [0.05, 0.1) is 0 Å². The van der Waals surface area contributed by atoms with Gasteiger partial charge in [0.2, 0.25) is 6.41 Å². The monoisotopic (exact) mass is 295 g/mol. The molecule has 3 nitrogen and oxygen atoms in total. The molecule has 4 atom stereocenters. The zero-order valence-corrected chi connectivity index (χ0v) is 13.9. The van der Waals surface area contributed by atoms with Gasteiger partial charge in [-0.25, -0.2) is 0 Å². The molecule has 3 fully saturated rings. The number of carbonyl (C=O) groups is 2. The lowest BCUT2D eigenvalue weighted by Gasteiger charge is -2.48. The lowest BCUT2D eigenvalue weighted by molar-refractivity contribution is -0.115. The van der Waals surface area contributed by atoms with E-state index in [1.165, 1.54) is 16.7 Å². The summed E-state index contributed by atoms with van der Waals surface area (Å²) < 4.78 is 0. The molecule has 3 aliphatic rings. The molecule has 0 heterocycles. The van der Waals surface area contributed by atoms with Gasteiger partial charge < -0.3 is 9.69 Å². The van der Waals surface area contributed by atoms with Gasteiger partial charge in [0.25, 0.3) is 0 Å². The molecule has 0 aromatic rings. The summed E-state index contributed by atoms with van der Waals surface area (Å²) in [5.74, 6) is 4.65. The SMILES string of the molecule is C1CCC2C(C1)CCC1CCCCC12.C=O.CN(C)C=O. The highest BCUT2D eigenvalue weighted by molar-refractivity contribution is 5.45. The Morgan fingerprint density at radius 2 is 1.10 bits per heavy atom. The van der Waals surface area contributed by atoms with Crippen LogP contribution < -0.4 is 0 Å². The van der Waals surface area contributed by atoms with Crippen LogP contribution in [-0.4, -0.2) is 32.2 Å². The van der Waals surface area contributed by atoms with Crippen LogP contribution in [0.4, 0.5) is 0 Å².